The molecule has 0 aliphatic carbocycles. The summed E-state index contributed by atoms with van der Waals surface area (Å²) in [6.45, 7) is 0.362. The van der Waals surface area contributed by atoms with Crippen molar-refractivity contribution in [1.29, 1.82) is 0 Å². The lowest BCUT2D eigenvalue weighted by molar-refractivity contribution is -0.132. The lowest BCUT2D eigenvalue weighted by Gasteiger charge is -2.09. The van der Waals surface area contributed by atoms with Gasteiger partial charge in [0.05, 0.1) is 17.7 Å². The van der Waals surface area contributed by atoms with Crippen molar-refractivity contribution in [2.75, 3.05) is 7.11 Å². The summed E-state index contributed by atoms with van der Waals surface area (Å²) in [6, 6.07) is 20.8. The van der Waals surface area contributed by atoms with Crippen LogP contribution in [0.25, 0.3) is 6.08 Å². The Kier molecular flexibility index (Phi) is 7.30. The fourth-order valence-electron chi connectivity index (χ4n) is 2.74. The molecule has 0 aromatic heterocycles. The molecule has 0 heterocycles. The Balaban J connectivity index is 1.68. The van der Waals surface area contributed by atoms with E-state index in [0.717, 1.165) is 11.3 Å². The van der Waals surface area contributed by atoms with E-state index in [9.17, 15) is 14.7 Å². The Hall–Kier alpha value is -3.77. The molecule has 1 amide bonds. The molecule has 0 saturated heterocycles. The molecule has 0 aliphatic heterocycles. The van der Waals surface area contributed by atoms with Crippen molar-refractivity contribution in [2.24, 2.45) is 0 Å². The van der Waals surface area contributed by atoms with Gasteiger partial charge in [-0.25, -0.2) is 4.79 Å². The van der Waals surface area contributed by atoms with Gasteiger partial charge >= 0.3 is 5.97 Å². The van der Waals surface area contributed by atoms with Gasteiger partial charge in [-0.05, 0) is 53.6 Å². The zero-order chi connectivity index (χ0) is 22.2. The average molecular weight is 438 g/mol. The molecule has 7 heteroatoms. The maximum absolute atomic E-state index is 12.4. The van der Waals surface area contributed by atoms with Crippen LogP contribution >= 0.6 is 11.6 Å². The predicted molar refractivity (Wildman–Crippen MR) is 118 cm³/mol. The summed E-state index contributed by atoms with van der Waals surface area (Å²) in [5.74, 6) is -0.491. The number of aliphatic carboxylic acids is 1. The number of carbonyl (C=O) groups excluding carboxylic acids is 1. The molecule has 0 unspecified atom stereocenters. The van der Waals surface area contributed by atoms with Crippen LogP contribution < -0.4 is 14.8 Å². The first kappa shape index (κ1) is 21.9. The quantitative estimate of drug-likeness (QED) is 0.495. The Morgan fingerprint density at radius 2 is 1.74 bits per heavy atom. The summed E-state index contributed by atoms with van der Waals surface area (Å²) in [4.78, 5) is 23.9. The van der Waals surface area contributed by atoms with Gasteiger partial charge in [0.2, 0.25) is 0 Å². The molecule has 3 aromatic carbocycles. The van der Waals surface area contributed by atoms with Gasteiger partial charge in [0, 0.05) is 0 Å². The number of benzene rings is 3. The maximum Gasteiger partial charge on any atom is 0.352 e. The number of amides is 1. The van der Waals surface area contributed by atoms with E-state index in [1.807, 2.05) is 24.3 Å². The van der Waals surface area contributed by atoms with Gasteiger partial charge in [0.25, 0.3) is 5.91 Å². The van der Waals surface area contributed by atoms with Gasteiger partial charge in [0.1, 0.15) is 23.8 Å². The number of carbonyl (C=O) groups is 2. The van der Waals surface area contributed by atoms with Crippen LogP contribution in [0.2, 0.25) is 5.02 Å². The van der Waals surface area contributed by atoms with Crippen LogP contribution in [0.1, 0.15) is 21.5 Å². The third-order valence-electron chi connectivity index (χ3n) is 4.33. The molecule has 2 N–H and O–H groups in total. The largest absolute Gasteiger partial charge is 0.497 e. The topological polar surface area (TPSA) is 84.9 Å². The zero-order valence-electron chi connectivity index (χ0n) is 16.7. The van der Waals surface area contributed by atoms with E-state index < -0.39 is 11.9 Å². The highest BCUT2D eigenvalue weighted by Gasteiger charge is 2.15. The van der Waals surface area contributed by atoms with Gasteiger partial charge in [-0.15, -0.1) is 0 Å². The Labute approximate surface area is 184 Å². The SMILES string of the molecule is COc1cccc(COc2ccc(/C=C(/NC(=O)c3ccccc3Cl)C(=O)O)cc2)c1. The average Bonchev–Trinajstić information content (AvgIpc) is 2.78. The van der Waals surface area contributed by atoms with Crippen molar-refractivity contribution in [2.45, 2.75) is 6.61 Å². The number of rotatable bonds is 8. The second-order valence-electron chi connectivity index (χ2n) is 6.51. The molecule has 0 spiro atoms. The minimum Gasteiger partial charge on any atom is -0.497 e. The third-order valence-corrected chi connectivity index (χ3v) is 4.66. The molecule has 158 valence electrons. The normalized spacial score (nSPS) is 11.0. The first-order chi connectivity index (χ1) is 15.0. The highest BCUT2D eigenvalue weighted by molar-refractivity contribution is 6.34. The fraction of sp³-hybridized carbons (Fsp3) is 0.0833. The van der Waals surface area contributed by atoms with Gasteiger partial charge in [-0.3, -0.25) is 4.79 Å². The first-order valence-electron chi connectivity index (χ1n) is 9.33. The molecule has 3 aromatic rings. The second-order valence-corrected chi connectivity index (χ2v) is 6.91. The Bertz CT molecular complexity index is 1110. The monoisotopic (exact) mass is 437 g/mol. The van der Waals surface area contributed by atoms with Gasteiger partial charge in [-0.2, -0.15) is 0 Å². The standard InChI is InChI=1S/C24H20ClNO5/c1-30-19-6-4-5-17(13-19)15-31-18-11-9-16(10-12-18)14-22(24(28)29)26-23(27)20-7-2-3-8-21(20)25/h2-14H,15H2,1H3,(H,26,27)(H,28,29)/b22-14+. The van der Waals surface area contributed by atoms with E-state index in [1.165, 1.54) is 12.1 Å². The lowest BCUT2D eigenvalue weighted by Crippen LogP contribution is -2.27. The highest BCUT2D eigenvalue weighted by atomic mass is 35.5. The zero-order valence-corrected chi connectivity index (χ0v) is 17.4. The Morgan fingerprint density at radius 1 is 1.00 bits per heavy atom. The summed E-state index contributed by atoms with van der Waals surface area (Å²) in [5, 5.41) is 12.1. The molecule has 0 saturated carbocycles. The van der Waals surface area contributed by atoms with E-state index in [-0.39, 0.29) is 16.3 Å². The van der Waals surface area contributed by atoms with E-state index in [0.29, 0.717) is 17.9 Å². The van der Waals surface area contributed by atoms with Crippen LogP contribution in [-0.4, -0.2) is 24.1 Å². The van der Waals surface area contributed by atoms with E-state index in [1.54, 1.807) is 49.6 Å². The van der Waals surface area contributed by atoms with Gasteiger partial charge in [-0.1, -0.05) is 48.0 Å². The maximum atomic E-state index is 12.4. The number of carboxylic acids is 1. The summed E-state index contributed by atoms with van der Waals surface area (Å²) in [7, 11) is 1.61. The fourth-order valence-corrected chi connectivity index (χ4v) is 2.96. The van der Waals surface area contributed by atoms with Crippen LogP contribution in [0, 0.1) is 0 Å². The molecule has 3 rings (SSSR count). The summed E-state index contributed by atoms with van der Waals surface area (Å²) >= 11 is 6.00. The molecule has 0 radical (unpaired) electrons. The number of hydrogen-bond acceptors (Lipinski definition) is 4. The smallest absolute Gasteiger partial charge is 0.352 e. The predicted octanol–water partition coefficient (Wildman–Crippen LogP) is 4.78. The molecule has 6 nitrogen and oxygen atoms in total. The van der Waals surface area contributed by atoms with Crippen LogP contribution in [0.5, 0.6) is 11.5 Å². The van der Waals surface area contributed by atoms with Crippen molar-refractivity contribution >= 4 is 29.6 Å². The van der Waals surface area contributed by atoms with Crippen LogP contribution in [0.3, 0.4) is 0 Å². The van der Waals surface area contributed by atoms with Crippen molar-refractivity contribution < 1.29 is 24.2 Å². The summed E-state index contributed by atoms with van der Waals surface area (Å²) in [5.41, 5.74) is 1.47. The molecule has 0 aliphatic rings. The highest BCUT2D eigenvalue weighted by Crippen LogP contribution is 2.19. The summed E-state index contributed by atoms with van der Waals surface area (Å²) in [6.07, 6.45) is 1.36. The number of halogens is 1. The van der Waals surface area contributed by atoms with Gasteiger partial charge < -0.3 is 19.9 Å². The summed E-state index contributed by atoms with van der Waals surface area (Å²) < 4.78 is 11.0. The van der Waals surface area contributed by atoms with Crippen LogP contribution in [0.4, 0.5) is 0 Å². The van der Waals surface area contributed by atoms with Gasteiger partial charge in [0.15, 0.2) is 0 Å². The number of nitrogens with one attached hydrogen (secondary N) is 1. The molecule has 0 fully saturated rings. The minimum absolute atomic E-state index is 0.192. The second kappa shape index (κ2) is 10.3. The van der Waals surface area contributed by atoms with Crippen molar-refractivity contribution in [3.05, 3.63) is 100 Å². The number of ether oxygens (including phenoxy) is 2. The van der Waals surface area contributed by atoms with Crippen molar-refractivity contribution in [3.63, 3.8) is 0 Å². The molecular weight excluding hydrogens is 418 g/mol. The van der Waals surface area contributed by atoms with Crippen LogP contribution in [0.15, 0.2) is 78.5 Å². The van der Waals surface area contributed by atoms with E-state index in [4.69, 9.17) is 21.1 Å². The number of hydrogen-bond donors (Lipinski definition) is 2. The molecular formula is C24H20ClNO5. The first-order valence-corrected chi connectivity index (χ1v) is 9.70. The van der Waals surface area contributed by atoms with E-state index in [2.05, 4.69) is 5.32 Å². The molecule has 31 heavy (non-hydrogen) atoms. The van der Waals surface area contributed by atoms with Crippen LogP contribution in [-0.2, 0) is 11.4 Å². The molecule has 0 bridgehead atoms. The van der Waals surface area contributed by atoms with Crippen molar-refractivity contribution in [1.82, 2.24) is 5.32 Å². The lowest BCUT2D eigenvalue weighted by atomic mass is 10.1. The third kappa shape index (κ3) is 6.10. The minimum atomic E-state index is -1.27. The Morgan fingerprint density at radius 3 is 2.42 bits per heavy atom. The van der Waals surface area contributed by atoms with E-state index >= 15 is 0 Å². The molecule has 0 atom stereocenters. The van der Waals surface area contributed by atoms with Crippen molar-refractivity contribution in [3.8, 4) is 11.5 Å². The number of carboxylic acid groups (broad SMARTS) is 1. The number of methoxy groups -OCH3 is 1.